The van der Waals surface area contributed by atoms with Crippen molar-refractivity contribution >= 4 is 21.6 Å². The summed E-state index contributed by atoms with van der Waals surface area (Å²) in [4.78, 5) is 0.751. The summed E-state index contributed by atoms with van der Waals surface area (Å²) in [6.45, 7) is 2.01. The average molecular weight is 206 g/mol. The maximum Gasteiger partial charge on any atom is 0.159 e. The van der Waals surface area contributed by atoms with Gasteiger partial charge in [-0.05, 0) is 18.2 Å². The number of hydrogen-bond acceptors (Lipinski definition) is 2. The molecule has 0 saturated carbocycles. The van der Waals surface area contributed by atoms with Crippen molar-refractivity contribution in [1.82, 2.24) is 0 Å². The van der Waals surface area contributed by atoms with Gasteiger partial charge in [0.2, 0.25) is 0 Å². The summed E-state index contributed by atoms with van der Waals surface area (Å²) >= 11 is 0. The summed E-state index contributed by atoms with van der Waals surface area (Å²) in [5.74, 6) is -0.624. The summed E-state index contributed by atoms with van der Waals surface area (Å²) in [5.41, 5.74) is 0. The number of hydrogen-bond donors (Lipinski definition) is 0. The number of benzene rings is 1. The predicted molar refractivity (Wildman–Crippen MR) is 50.3 cm³/mol. The normalized spacial score (nSPS) is 10.2. The van der Waals surface area contributed by atoms with E-state index in [-0.39, 0.29) is 0 Å². The van der Waals surface area contributed by atoms with Gasteiger partial charge in [-0.15, -0.1) is 0 Å². The minimum Gasteiger partial charge on any atom is -0.204 e. The fourth-order valence-corrected chi connectivity index (χ4v) is 2.26. The highest BCUT2D eigenvalue weighted by Gasteiger charge is 2.02. The third kappa shape index (κ3) is 2.68. The second-order valence-electron chi connectivity index (χ2n) is 2.07. The molecule has 0 aliphatic heterocycles. The SMILES string of the molecule is CCSSc1ccc(F)c(F)c1. The van der Waals surface area contributed by atoms with Crippen LogP contribution < -0.4 is 0 Å². The third-order valence-electron chi connectivity index (χ3n) is 1.16. The molecule has 0 heterocycles. The Kier molecular flexibility index (Phi) is 3.88. The van der Waals surface area contributed by atoms with Crippen LogP contribution in [0, 0.1) is 11.6 Å². The van der Waals surface area contributed by atoms with E-state index in [1.807, 2.05) is 6.92 Å². The lowest BCUT2D eigenvalue weighted by molar-refractivity contribution is 0.506. The van der Waals surface area contributed by atoms with Gasteiger partial charge in [0.25, 0.3) is 0 Å². The minimum atomic E-state index is -0.791. The van der Waals surface area contributed by atoms with Crippen molar-refractivity contribution in [3.8, 4) is 0 Å². The van der Waals surface area contributed by atoms with E-state index < -0.39 is 11.6 Å². The molecule has 0 bridgehead atoms. The van der Waals surface area contributed by atoms with Gasteiger partial charge in [-0.3, -0.25) is 0 Å². The Labute approximate surface area is 78.1 Å². The van der Waals surface area contributed by atoms with Crippen LogP contribution in [0.5, 0.6) is 0 Å². The van der Waals surface area contributed by atoms with Crippen LogP contribution in [0.15, 0.2) is 23.1 Å². The van der Waals surface area contributed by atoms with Crippen LogP contribution in [0.3, 0.4) is 0 Å². The molecule has 0 fully saturated rings. The molecule has 0 N–H and O–H groups in total. The largest absolute Gasteiger partial charge is 0.204 e. The van der Waals surface area contributed by atoms with Gasteiger partial charge in [-0.2, -0.15) is 0 Å². The zero-order valence-corrected chi connectivity index (χ0v) is 8.14. The van der Waals surface area contributed by atoms with E-state index >= 15 is 0 Å². The van der Waals surface area contributed by atoms with Crippen molar-refractivity contribution in [1.29, 1.82) is 0 Å². The first-order valence-electron chi connectivity index (χ1n) is 3.48. The van der Waals surface area contributed by atoms with Crippen LogP contribution in [0.1, 0.15) is 6.92 Å². The Morgan fingerprint density at radius 3 is 2.58 bits per heavy atom. The van der Waals surface area contributed by atoms with Gasteiger partial charge in [0, 0.05) is 10.6 Å². The smallest absolute Gasteiger partial charge is 0.159 e. The fraction of sp³-hybridized carbons (Fsp3) is 0.250. The molecular formula is C8H8F2S2. The molecule has 0 aromatic heterocycles. The van der Waals surface area contributed by atoms with E-state index in [4.69, 9.17) is 0 Å². The van der Waals surface area contributed by atoms with Crippen LogP contribution >= 0.6 is 21.6 Å². The average Bonchev–Trinajstić information content (AvgIpc) is 2.07. The molecule has 12 heavy (non-hydrogen) atoms. The Hall–Kier alpha value is -0.220. The van der Waals surface area contributed by atoms with Gasteiger partial charge >= 0.3 is 0 Å². The van der Waals surface area contributed by atoms with E-state index in [9.17, 15) is 8.78 Å². The number of halogens is 2. The molecule has 0 amide bonds. The summed E-state index contributed by atoms with van der Waals surface area (Å²) in [7, 11) is 3.06. The van der Waals surface area contributed by atoms with E-state index in [1.165, 1.54) is 16.9 Å². The Morgan fingerprint density at radius 2 is 2.00 bits per heavy atom. The molecule has 0 atom stereocenters. The van der Waals surface area contributed by atoms with Crippen molar-refractivity contribution < 1.29 is 8.78 Å². The zero-order valence-electron chi connectivity index (χ0n) is 6.51. The molecule has 1 aromatic rings. The highest BCUT2D eigenvalue weighted by molar-refractivity contribution is 8.76. The molecule has 0 saturated heterocycles. The minimum absolute atomic E-state index is 0.751. The molecule has 4 heteroatoms. The fourth-order valence-electron chi connectivity index (χ4n) is 0.656. The van der Waals surface area contributed by atoms with E-state index in [1.54, 1.807) is 16.9 Å². The molecule has 0 nitrogen and oxygen atoms in total. The van der Waals surface area contributed by atoms with Crippen molar-refractivity contribution in [2.75, 3.05) is 5.75 Å². The van der Waals surface area contributed by atoms with E-state index in [0.29, 0.717) is 0 Å². The Bertz CT molecular complexity index is 263. The maximum atomic E-state index is 12.6. The van der Waals surface area contributed by atoms with Crippen LogP contribution in [0.4, 0.5) is 8.78 Å². The van der Waals surface area contributed by atoms with Gasteiger partial charge in [0.05, 0.1) is 0 Å². The molecule has 0 unspecified atom stereocenters. The highest BCUT2D eigenvalue weighted by atomic mass is 33.1. The lowest BCUT2D eigenvalue weighted by atomic mass is 10.3. The molecule has 66 valence electrons. The molecule has 0 radical (unpaired) electrons. The topological polar surface area (TPSA) is 0 Å². The zero-order chi connectivity index (χ0) is 8.97. The standard InChI is InChI=1S/C8H8F2S2/c1-2-11-12-6-3-4-7(9)8(10)5-6/h3-5H,2H2,1H3. The molecule has 1 rings (SSSR count). The molecule has 0 spiro atoms. The summed E-state index contributed by atoms with van der Waals surface area (Å²) < 4.78 is 25.0. The van der Waals surface area contributed by atoms with Crippen LogP contribution in [-0.4, -0.2) is 5.75 Å². The highest BCUT2D eigenvalue weighted by Crippen LogP contribution is 2.31. The Morgan fingerprint density at radius 1 is 1.25 bits per heavy atom. The third-order valence-corrected chi connectivity index (χ3v) is 3.60. The number of rotatable bonds is 3. The van der Waals surface area contributed by atoms with Gasteiger partial charge in [-0.25, -0.2) is 8.78 Å². The second kappa shape index (κ2) is 4.72. The van der Waals surface area contributed by atoms with Crippen molar-refractivity contribution in [3.63, 3.8) is 0 Å². The summed E-state index contributed by atoms with van der Waals surface area (Å²) in [6, 6.07) is 3.93. The first kappa shape index (κ1) is 9.86. The molecule has 0 aliphatic rings. The molecule has 0 aliphatic carbocycles. The first-order chi connectivity index (χ1) is 5.74. The van der Waals surface area contributed by atoms with E-state index in [0.717, 1.165) is 16.7 Å². The predicted octanol–water partition coefficient (Wildman–Crippen LogP) is 3.73. The summed E-state index contributed by atoms with van der Waals surface area (Å²) in [5, 5.41) is 0. The first-order valence-corrected chi connectivity index (χ1v) is 5.80. The van der Waals surface area contributed by atoms with Crippen molar-refractivity contribution in [3.05, 3.63) is 29.8 Å². The summed E-state index contributed by atoms with van der Waals surface area (Å²) in [6.07, 6.45) is 0. The van der Waals surface area contributed by atoms with Crippen molar-refractivity contribution in [2.24, 2.45) is 0 Å². The molecule has 1 aromatic carbocycles. The second-order valence-corrected chi connectivity index (χ2v) is 4.72. The van der Waals surface area contributed by atoms with Gasteiger partial charge in [-0.1, -0.05) is 28.5 Å². The quantitative estimate of drug-likeness (QED) is 0.691. The lowest BCUT2D eigenvalue weighted by Gasteiger charge is -1.98. The van der Waals surface area contributed by atoms with Gasteiger partial charge < -0.3 is 0 Å². The van der Waals surface area contributed by atoms with Crippen LogP contribution in [-0.2, 0) is 0 Å². The molecular weight excluding hydrogens is 198 g/mol. The van der Waals surface area contributed by atoms with Crippen LogP contribution in [0.25, 0.3) is 0 Å². The van der Waals surface area contributed by atoms with E-state index in [2.05, 4.69) is 0 Å². The monoisotopic (exact) mass is 206 g/mol. The van der Waals surface area contributed by atoms with Crippen molar-refractivity contribution in [2.45, 2.75) is 11.8 Å². The van der Waals surface area contributed by atoms with Gasteiger partial charge in [0.1, 0.15) is 0 Å². The van der Waals surface area contributed by atoms with Crippen LogP contribution in [0.2, 0.25) is 0 Å². The van der Waals surface area contributed by atoms with Gasteiger partial charge in [0.15, 0.2) is 11.6 Å². The Balaban J connectivity index is 2.69. The lowest BCUT2D eigenvalue weighted by Crippen LogP contribution is -1.82. The maximum absolute atomic E-state index is 12.6.